The molecule has 4 rings (SSSR count). The Morgan fingerprint density at radius 2 is 2.24 bits per heavy atom. The maximum absolute atomic E-state index is 11.4. The molecule has 25 heavy (non-hydrogen) atoms. The van der Waals surface area contributed by atoms with E-state index in [0.717, 1.165) is 29.4 Å². The lowest BCUT2D eigenvalue weighted by molar-refractivity contribution is -0.119. The maximum Gasteiger partial charge on any atom is 0.217 e. The molecule has 1 atom stereocenters. The van der Waals surface area contributed by atoms with Crippen molar-refractivity contribution < 1.29 is 4.79 Å². The third-order valence-corrected chi connectivity index (χ3v) is 4.76. The number of carbonyl (C=O) groups excluding carboxylic acids is 1. The number of aromatic nitrogens is 2. The summed E-state index contributed by atoms with van der Waals surface area (Å²) >= 11 is 0. The average Bonchev–Trinajstić information content (AvgIpc) is 3.13. The number of hydrogen-bond donors (Lipinski definition) is 1. The molecule has 0 unspecified atom stereocenters. The second-order valence-electron chi connectivity index (χ2n) is 6.48. The molecule has 1 aromatic carbocycles. The van der Waals surface area contributed by atoms with E-state index in [0.29, 0.717) is 12.1 Å². The quantitative estimate of drug-likeness (QED) is 0.802. The van der Waals surface area contributed by atoms with Crippen molar-refractivity contribution in [1.29, 1.82) is 5.26 Å². The highest BCUT2D eigenvalue weighted by Crippen LogP contribution is 2.34. The molecule has 0 fully saturated rings. The Kier molecular flexibility index (Phi) is 3.73. The van der Waals surface area contributed by atoms with E-state index in [-0.39, 0.29) is 11.9 Å². The number of nitrogens with one attached hydrogen (secondary N) is 1. The molecule has 2 heterocycles. The summed E-state index contributed by atoms with van der Waals surface area (Å²) in [5.74, 6) is -0.00607. The first kappa shape index (κ1) is 15.4. The van der Waals surface area contributed by atoms with Crippen LogP contribution in [-0.2, 0) is 24.2 Å². The molecule has 124 valence electrons. The first-order valence-electron chi connectivity index (χ1n) is 8.37. The van der Waals surface area contributed by atoms with E-state index in [2.05, 4.69) is 20.9 Å². The zero-order valence-corrected chi connectivity index (χ0v) is 14.0. The molecular weight excluding hydrogens is 312 g/mol. The van der Waals surface area contributed by atoms with Gasteiger partial charge in [-0.1, -0.05) is 6.07 Å². The molecule has 1 aliphatic carbocycles. The predicted octanol–water partition coefficient (Wildman–Crippen LogP) is 2.56. The van der Waals surface area contributed by atoms with Crippen LogP contribution in [0.3, 0.4) is 0 Å². The van der Waals surface area contributed by atoms with Gasteiger partial charge in [-0.3, -0.25) is 9.78 Å². The SMILES string of the molecule is CC(=O)N[C@H]1Cc2c(n(Cc3ccccn3)c3ccc(C#N)cc23)C1. The fourth-order valence-corrected chi connectivity index (χ4v) is 3.78. The van der Waals surface area contributed by atoms with Crippen LogP contribution >= 0.6 is 0 Å². The summed E-state index contributed by atoms with van der Waals surface area (Å²) in [6, 6.07) is 14.1. The van der Waals surface area contributed by atoms with Gasteiger partial charge in [-0.2, -0.15) is 5.26 Å². The van der Waals surface area contributed by atoms with Gasteiger partial charge in [-0.15, -0.1) is 0 Å². The minimum absolute atomic E-state index is 0.00607. The summed E-state index contributed by atoms with van der Waals surface area (Å²) in [7, 11) is 0. The van der Waals surface area contributed by atoms with Gasteiger partial charge in [0.2, 0.25) is 5.91 Å². The highest BCUT2D eigenvalue weighted by Gasteiger charge is 2.29. The monoisotopic (exact) mass is 330 g/mol. The molecule has 0 aliphatic heterocycles. The fraction of sp³-hybridized carbons (Fsp3) is 0.250. The van der Waals surface area contributed by atoms with Gasteiger partial charge in [0, 0.05) is 42.2 Å². The number of nitrogens with zero attached hydrogens (tertiary/aromatic N) is 3. The van der Waals surface area contributed by atoms with E-state index in [4.69, 9.17) is 0 Å². The van der Waals surface area contributed by atoms with Gasteiger partial charge in [0.05, 0.1) is 23.9 Å². The van der Waals surface area contributed by atoms with Gasteiger partial charge in [0.25, 0.3) is 0 Å². The van der Waals surface area contributed by atoms with Crippen LogP contribution in [0, 0.1) is 11.3 Å². The second kappa shape index (κ2) is 6.06. The number of benzene rings is 1. The molecule has 1 aliphatic rings. The van der Waals surface area contributed by atoms with Crippen LogP contribution < -0.4 is 5.32 Å². The van der Waals surface area contributed by atoms with Gasteiger partial charge >= 0.3 is 0 Å². The van der Waals surface area contributed by atoms with E-state index in [1.165, 1.54) is 11.3 Å². The Hall–Kier alpha value is -3.13. The number of carbonyl (C=O) groups is 1. The minimum Gasteiger partial charge on any atom is -0.353 e. The van der Waals surface area contributed by atoms with Crippen LogP contribution in [0.1, 0.15) is 29.4 Å². The molecule has 0 radical (unpaired) electrons. The lowest BCUT2D eigenvalue weighted by atomic mass is 10.1. The van der Waals surface area contributed by atoms with Crippen molar-refractivity contribution >= 4 is 16.8 Å². The smallest absolute Gasteiger partial charge is 0.217 e. The topological polar surface area (TPSA) is 70.7 Å². The molecule has 5 nitrogen and oxygen atoms in total. The molecule has 2 aromatic heterocycles. The lowest BCUT2D eigenvalue weighted by Crippen LogP contribution is -2.33. The Balaban J connectivity index is 1.82. The second-order valence-corrected chi connectivity index (χ2v) is 6.48. The van der Waals surface area contributed by atoms with Crippen molar-refractivity contribution in [2.45, 2.75) is 32.4 Å². The van der Waals surface area contributed by atoms with Gasteiger partial charge in [-0.05, 0) is 42.3 Å². The Morgan fingerprint density at radius 1 is 1.36 bits per heavy atom. The summed E-state index contributed by atoms with van der Waals surface area (Å²) in [6.07, 6.45) is 3.41. The third kappa shape index (κ3) is 2.76. The number of fused-ring (bicyclic) bond motifs is 3. The van der Waals surface area contributed by atoms with Gasteiger partial charge in [0.15, 0.2) is 0 Å². The number of rotatable bonds is 3. The molecule has 0 saturated carbocycles. The Bertz CT molecular complexity index is 998. The van der Waals surface area contributed by atoms with Gasteiger partial charge < -0.3 is 9.88 Å². The third-order valence-electron chi connectivity index (χ3n) is 4.76. The number of nitriles is 1. The van der Waals surface area contributed by atoms with Crippen LogP contribution in [0.5, 0.6) is 0 Å². The van der Waals surface area contributed by atoms with Crippen LogP contribution in [-0.4, -0.2) is 21.5 Å². The molecular formula is C20H18N4O. The predicted molar refractivity (Wildman–Crippen MR) is 95.0 cm³/mol. The zero-order valence-electron chi connectivity index (χ0n) is 14.0. The molecule has 0 saturated heterocycles. The summed E-state index contributed by atoms with van der Waals surface area (Å²) in [5, 5.41) is 13.4. The van der Waals surface area contributed by atoms with E-state index in [1.807, 2.05) is 36.4 Å². The Morgan fingerprint density at radius 3 is 2.96 bits per heavy atom. The normalized spacial score (nSPS) is 15.8. The van der Waals surface area contributed by atoms with Crippen molar-refractivity contribution in [3.8, 4) is 6.07 Å². The van der Waals surface area contributed by atoms with Crippen LogP contribution in [0.2, 0.25) is 0 Å². The van der Waals surface area contributed by atoms with E-state index in [9.17, 15) is 10.1 Å². The summed E-state index contributed by atoms with van der Waals surface area (Å²) in [6.45, 7) is 2.24. The first-order chi connectivity index (χ1) is 12.2. The van der Waals surface area contributed by atoms with E-state index < -0.39 is 0 Å². The maximum atomic E-state index is 11.4. The zero-order chi connectivity index (χ0) is 17.4. The largest absolute Gasteiger partial charge is 0.353 e. The van der Waals surface area contributed by atoms with Gasteiger partial charge in [-0.25, -0.2) is 0 Å². The highest BCUT2D eigenvalue weighted by atomic mass is 16.1. The molecule has 5 heteroatoms. The van der Waals surface area contributed by atoms with E-state index in [1.54, 1.807) is 13.1 Å². The number of hydrogen-bond acceptors (Lipinski definition) is 3. The molecule has 0 bridgehead atoms. The molecule has 1 N–H and O–H groups in total. The molecule has 1 amide bonds. The van der Waals surface area contributed by atoms with Crippen molar-refractivity contribution in [2.75, 3.05) is 0 Å². The highest BCUT2D eigenvalue weighted by molar-refractivity contribution is 5.88. The average molecular weight is 330 g/mol. The lowest BCUT2D eigenvalue weighted by Gasteiger charge is -2.13. The minimum atomic E-state index is -0.00607. The van der Waals surface area contributed by atoms with Crippen LogP contribution in [0.15, 0.2) is 42.6 Å². The van der Waals surface area contributed by atoms with Crippen LogP contribution in [0.4, 0.5) is 0 Å². The summed E-state index contributed by atoms with van der Waals surface area (Å²) in [5.41, 5.74) is 5.25. The first-order valence-corrected chi connectivity index (χ1v) is 8.37. The summed E-state index contributed by atoms with van der Waals surface area (Å²) < 4.78 is 2.27. The van der Waals surface area contributed by atoms with Crippen molar-refractivity contribution in [3.63, 3.8) is 0 Å². The standard InChI is InChI=1S/C20H18N4O/c1-13(25)23-16-9-18-17-8-14(11-21)5-6-19(17)24(20(18)10-16)12-15-4-2-3-7-22-15/h2-8,16H,9-10,12H2,1H3,(H,23,25)/t16-/m0/s1. The number of pyridine rings is 1. The molecule has 0 spiro atoms. The molecule has 3 aromatic rings. The summed E-state index contributed by atoms with van der Waals surface area (Å²) in [4.78, 5) is 15.9. The van der Waals surface area contributed by atoms with Crippen molar-refractivity contribution in [1.82, 2.24) is 14.9 Å². The van der Waals surface area contributed by atoms with Crippen molar-refractivity contribution in [2.24, 2.45) is 0 Å². The van der Waals surface area contributed by atoms with E-state index >= 15 is 0 Å². The fourth-order valence-electron chi connectivity index (χ4n) is 3.78. The van der Waals surface area contributed by atoms with Crippen molar-refractivity contribution in [3.05, 3.63) is 65.1 Å². The van der Waals surface area contributed by atoms with Crippen LogP contribution in [0.25, 0.3) is 10.9 Å². The van der Waals surface area contributed by atoms with Gasteiger partial charge in [0.1, 0.15) is 0 Å². The number of amides is 1. The Labute approximate surface area is 145 Å².